The van der Waals surface area contributed by atoms with Gasteiger partial charge in [-0.25, -0.2) is 13.1 Å². The molecule has 18 heavy (non-hydrogen) atoms. The van der Waals surface area contributed by atoms with Crippen molar-refractivity contribution < 1.29 is 8.42 Å². The molecule has 1 rings (SSSR count). The second-order valence-electron chi connectivity index (χ2n) is 4.17. The molecule has 0 spiro atoms. The second-order valence-corrected chi connectivity index (χ2v) is 7.12. The fraction of sp³-hybridized carbons (Fsp3) is 0.800. The number of hydrogen-bond donors (Lipinski definition) is 2. The van der Waals surface area contributed by atoms with Crippen LogP contribution in [0.4, 0.5) is 5.13 Å². The Morgan fingerprint density at radius 1 is 1.39 bits per heavy atom. The topological polar surface area (TPSA) is 98.0 Å². The molecule has 0 aliphatic rings. The summed E-state index contributed by atoms with van der Waals surface area (Å²) < 4.78 is 26.3. The Morgan fingerprint density at radius 2 is 2.11 bits per heavy atom. The van der Waals surface area contributed by atoms with E-state index in [0.29, 0.717) is 12.5 Å². The van der Waals surface area contributed by atoms with Crippen LogP contribution in [0.25, 0.3) is 0 Å². The van der Waals surface area contributed by atoms with Gasteiger partial charge in [0.2, 0.25) is 9.47 Å². The van der Waals surface area contributed by atoms with Crippen LogP contribution in [0.1, 0.15) is 39.5 Å². The van der Waals surface area contributed by atoms with Gasteiger partial charge < -0.3 is 5.73 Å². The van der Waals surface area contributed by atoms with Gasteiger partial charge in [-0.3, -0.25) is 0 Å². The fourth-order valence-electron chi connectivity index (χ4n) is 1.56. The smallest absolute Gasteiger partial charge is 0.269 e. The van der Waals surface area contributed by atoms with Crippen LogP contribution in [-0.2, 0) is 10.0 Å². The summed E-state index contributed by atoms with van der Waals surface area (Å²) in [5, 5.41) is 7.21. The zero-order valence-electron chi connectivity index (χ0n) is 10.7. The highest BCUT2D eigenvalue weighted by Gasteiger charge is 2.20. The van der Waals surface area contributed by atoms with Crippen molar-refractivity contribution >= 4 is 26.5 Å². The molecule has 0 fully saturated rings. The van der Waals surface area contributed by atoms with E-state index in [9.17, 15) is 8.42 Å². The first-order valence-electron chi connectivity index (χ1n) is 6.08. The predicted molar refractivity (Wildman–Crippen MR) is 72.8 cm³/mol. The van der Waals surface area contributed by atoms with Crippen molar-refractivity contribution in [3.8, 4) is 0 Å². The maximum atomic E-state index is 11.9. The lowest BCUT2D eigenvalue weighted by atomic mass is 10.00. The molecule has 0 aliphatic heterocycles. The number of anilines is 1. The number of nitrogens with two attached hydrogens (primary N) is 1. The van der Waals surface area contributed by atoms with E-state index in [2.05, 4.69) is 28.8 Å². The zero-order chi connectivity index (χ0) is 13.6. The van der Waals surface area contributed by atoms with Crippen LogP contribution < -0.4 is 10.5 Å². The van der Waals surface area contributed by atoms with Gasteiger partial charge in [0.1, 0.15) is 0 Å². The molecule has 1 aromatic rings. The molecule has 0 saturated heterocycles. The Morgan fingerprint density at radius 3 is 2.61 bits per heavy atom. The SMILES string of the molecule is CCCCC(CC)CNS(=O)(=O)c1nnc(N)s1. The number of rotatable bonds is 8. The highest BCUT2D eigenvalue weighted by atomic mass is 32.2. The van der Waals surface area contributed by atoms with Crippen LogP contribution in [0.15, 0.2) is 4.34 Å². The van der Waals surface area contributed by atoms with Gasteiger partial charge in [0.25, 0.3) is 10.0 Å². The summed E-state index contributed by atoms with van der Waals surface area (Å²) in [6, 6.07) is 0. The number of hydrogen-bond acceptors (Lipinski definition) is 6. The summed E-state index contributed by atoms with van der Waals surface area (Å²) >= 11 is 0.877. The summed E-state index contributed by atoms with van der Waals surface area (Å²) in [5.74, 6) is 0.366. The van der Waals surface area contributed by atoms with Gasteiger partial charge >= 0.3 is 0 Å². The Hall–Kier alpha value is -0.730. The lowest BCUT2D eigenvalue weighted by Gasteiger charge is -2.14. The molecule has 1 heterocycles. The van der Waals surface area contributed by atoms with Gasteiger partial charge in [0.15, 0.2) is 0 Å². The maximum Gasteiger partial charge on any atom is 0.269 e. The molecule has 3 N–H and O–H groups in total. The van der Waals surface area contributed by atoms with Gasteiger partial charge in [0.05, 0.1) is 0 Å². The summed E-state index contributed by atoms with van der Waals surface area (Å²) in [6.45, 7) is 4.64. The second kappa shape index (κ2) is 7.01. The highest BCUT2D eigenvalue weighted by molar-refractivity contribution is 7.91. The summed E-state index contributed by atoms with van der Waals surface area (Å²) in [7, 11) is -3.55. The number of aromatic nitrogens is 2. The number of nitrogens with one attached hydrogen (secondary N) is 1. The lowest BCUT2D eigenvalue weighted by Crippen LogP contribution is -2.29. The quantitative estimate of drug-likeness (QED) is 0.758. The molecule has 1 unspecified atom stereocenters. The van der Waals surface area contributed by atoms with E-state index in [1.165, 1.54) is 0 Å². The summed E-state index contributed by atoms with van der Waals surface area (Å²) in [6.07, 6.45) is 4.23. The van der Waals surface area contributed by atoms with Gasteiger partial charge in [-0.1, -0.05) is 44.4 Å². The zero-order valence-corrected chi connectivity index (χ0v) is 12.4. The minimum atomic E-state index is -3.55. The average Bonchev–Trinajstić information content (AvgIpc) is 2.77. The van der Waals surface area contributed by atoms with Crippen molar-refractivity contribution in [1.82, 2.24) is 14.9 Å². The molecule has 1 atom stereocenters. The van der Waals surface area contributed by atoms with Gasteiger partial charge in [-0.05, 0) is 12.3 Å². The third-order valence-corrected chi connectivity index (χ3v) is 5.30. The van der Waals surface area contributed by atoms with Crippen LogP contribution in [0.3, 0.4) is 0 Å². The third-order valence-electron chi connectivity index (χ3n) is 2.76. The highest BCUT2D eigenvalue weighted by Crippen LogP contribution is 2.17. The van der Waals surface area contributed by atoms with E-state index in [1.807, 2.05) is 0 Å². The third kappa shape index (κ3) is 4.51. The van der Waals surface area contributed by atoms with Crippen molar-refractivity contribution in [2.24, 2.45) is 5.92 Å². The molecule has 0 aromatic carbocycles. The standard InChI is InChI=1S/C10H20N4O2S2/c1-3-5-6-8(4-2)7-12-18(15,16)10-14-13-9(11)17-10/h8,12H,3-7H2,1-2H3,(H2,11,13). The van der Waals surface area contributed by atoms with E-state index < -0.39 is 10.0 Å². The molecule has 1 aromatic heterocycles. The van der Waals surface area contributed by atoms with Crippen LogP contribution in [0.5, 0.6) is 0 Å². The molecular formula is C10H20N4O2S2. The first kappa shape index (κ1) is 15.3. The molecule has 6 nitrogen and oxygen atoms in total. The van der Waals surface area contributed by atoms with Crippen molar-refractivity contribution in [3.63, 3.8) is 0 Å². The molecule has 104 valence electrons. The molecule has 0 saturated carbocycles. The van der Waals surface area contributed by atoms with Crippen LogP contribution in [0.2, 0.25) is 0 Å². The minimum Gasteiger partial charge on any atom is -0.374 e. The number of sulfonamides is 1. The Balaban J connectivity index is 2.55. The van der Waals surface area contributed by atoms with Gasteiger partial charge in [0, 0.05) is 6.54 Å². The van der Waals surface area contributed by atoms with Gasteiger partial charge in [-0.2, -0.15) is 0 Å². The molecule has 0 aliphatic carbocycles. The van der Waals surface area contributed by atoms with E-state index in [4.69, 9.17) is 5.73 Å². The van der Waals surface area contributed by atoms with E-state index in [-0.39, 0.29) is 9.47 Å². The molecule has 0 amide bonds. The lowest BCUT2D eigenvalue weighted by molar-refractivity contribution is 0.443. The van der Waals surface area contributed by atoms with Crippen molar-refractivity contribution in [2.75, 3.05) is 12.3 Å². The molecule has 8 heteroatoms. The largest absolute Gasteiger partial charge is 0.374 e. The minimum absolute atomic E-state index is 0.0645. The molecule has 0 bridgehead atoms. The van der Waals surface area contributed by atoms with Gasteiger partial charge in [-0.15, -0.1) is 10.2 Å². The summed E-state index contributed by atoms with van der Waals surface area (Å²) in [5.41, 5.74) is 5.38. The first-order valence-corrected chi connectivity index (χ1v) is 8.38. The Bertz CT molecular complexity index is 458. The fourth-order valence-corrected chi connectivity index (χ4v) is 3.50. The monoisotopic (exact) mass is 292 g/mol. The van der Waals surface area contributed by atoms with Crippen molar-refractivity contribution in [3.05, 3.63) is 0 Å². The van der Waals surface area contributed by atoms with E-state index >= 15 is 0 Å². The van der Waals surface area contributed by atoms with Crippen molar-refractivity contribution in [2.45, 2.75) is 43.9 Å². The van der Waals surface area contributed by atoms with E-state index in [0.717, 1.165) is 37.0 Å². The Labute approximate surface area is 112 Å². The van der Waals surface area contributed by atoms with Crippen LogP contribution >= 0.6 is 11.3 Å². The summed E-state index contributed by atoms with van der Waals surface area (Å²) in [4.78, 5) is 0. The maximum absolute atomic E-state index is 11.9. The first-order chi connectivity index (χ1) is 8.49. The molecule has 0 radical (unpaired) electrons. The van der Waals surface area contributed by atoms with Crippen LogP contribution in [0, 0.1) is 5.92 Å². The normalized spacial score (nSPS) is 13.7. The average molecular weight is 292 g/mol. The number of nitrogen functional groups attached to an aromatic ring is 1. The van der Waals surface area contributed by atoms with Crippen LogP contribution in [-0.4, -0.2) is 25.2 Å². The molecular weight excluding hydrogens is 272 g/mol. The van der Waals surface area contributed by atoms with E-state index in [1.54, 1.807) is 0 Å². The predicted octanol–water partition coefficient (Wildman–Crippen LogP) is 1.61. The Kier molecular flexibility index (Phi) is 5.97. The number of unbranched alkanes of at least 4 members (excludes halogenated alkanes) is 1. The van der Waals surface area contributed by atoms with Crippen molar-refractivity contribution in [1.29, 1.82) is 0 Å². The number of nitrogens with zero attached hydrogens (tertiary/aromatic N) is 2.